The molecule has 31 heavy (non-hydrogen) atoms. The first-order chi connectivity index (χ1) is 14.9. The molecule has 7 heteroatoms. The fourth-order valence-corrected chi connectivity index (χ4v) is 5.31. The summed E-state index contributed by atoms with van der Waals surface area (Å²) in [6.45, 7) is 5.98. The van der Waals surface area contributed by atoms with Crippen molar-refractivity contribution in [3.8, 4) is 11.5 Å². The minimum Gasteiger partial charge on any atom is -0.492 e. The molecule has 4 rings (SSSR count). The summed E-state index contributed by atoms with van der Waals surface area (Å²) >= 11 is 18.5. The summed E-state index contributed by atoms with van der Waals surface area (Å²) in [5.74, 6) is 1.74. The van der Waals surface area contributed by atoms with E-state index < -0.39 is 0 Å². The van der Waals surface area contributed by atoms with Crippen LogP contribution in [0.25, 0.3) is 0 Å². The Bertz CT molecular complexity index is 934. The largest absolute Gasteiger partial charge is 0.492 e. The Morgan fingerprint density at radius 1 is 1.16 bits per heavy atom. The van der Waals surface area contributed by atoms with Crippen molar-refractivity contribution < 1.29 is 14.3 Å². The molecule has 0 bridgehead atoms. The molecule has 1 spiro atoms. The summed E-state index contributed by atoms with van der Waals surface area (Å²) in [6.07, 6.45) is 4.09. The summed E-state index contributed by atoms with van der Waals surface area (Å²) in [5, 5.41) is 1.48. The van der Waals surface area contributed by atoms with E-state index in [1.54, 1.807) is 12.1 Å². The van der Waals surface area contributed by atoms with Gasteiger partial charge in [0.25, 0.3) is 0 Å². The van der Waals surface area contributed by atoms with Crippen LogP contribution >= 0.6 is 34.8 Å². The smallest absolute Gasteiger partial charge is 0.126 e. The fraction of sp³-hybridized carbons (Fsp3) is 0.458. The molecule has 0 amide bonds. The summed E-state index contributed by atoms with van der Waals surface area (Å²) in [7, 11) is 0. The molecule has 1 fully saturated rings. The van der Waals surface area contributed by atoms with E-state index in [0.29, 0.717) is 27.2 Å². The maximum absolute atomic E-state index is 10.9. The van der Waals surface area contributed by atoms with E-state index in [9.17, 15) is 4.79 Å². The molecule has 4 nitrogen and oxygen atoms in total. The van der Waals surface area contributed by atoms with Gasteiger partial charge in [0.2, 0.25) is 0 Å². The molecule has 1 unspecified atom stereocenters. The molecule has 0 aromatic heterocycles. The zero-order valence-electron chi connectivity index (χ0n) is 17.5. The number of aldehydes is 1. The second kappa shape index (κ2) is 9.58. The zero-order chi connectivity index (χ0) is 22.0. The van der Waals surface area contributed by atoms with Crippen LogP contribution in [0.2, 0.25) is 15.1 Å². The van der Waals surface area contributed by atoms with Gasteiger partial charge in [-0.1, -0.05) is 47.8 Å². The number of likely N-dealkylation sites (tertiary alicyclic amines) is 1. The second-order valence-electron chi connectivity index (χ2n) is 8.61. The highest BCUT2D eigenvalue weighted by atomic mass is 35.5. The van der Waals surface area contributed by atoms with Crippen LogP contribution in [0.15, 0.2) is 30.3 Å². The topological polar surface area (TPSA) is 38.8 Å². The van der Waals surface area contributed by atoms with E-state index in [2.05, 4.69) is 11.0 Å². The Kier molecular flexibility index (Phi) is 7.02. The fourth-order valence-electron chi connectivity index (χ4n) is 4.38. The summed E-state index contributed by atoms with van der Waals surface area (Å²) in [5.41, 5.74) is 2.05. The van der Waals surface area contributed by atoms with Gasteiger partial charge in [0.15, 0.2) is 0 Å². The van der Waals surface area contributed by atoms with Crippen molar-refractivity contribution in [2.45, 2.75) is 38.2 Å². The average Bonchev–Trinajstić information content (AvgIpc) is 3.10. The monoisotopic (exact) mass is 481 g/mol. The standard InChI is InChI=1S/C24H26Cl3NO3/c1-16(13-29)4-7-28-8-5-24(6-9-28)15-31-23-12-18(2-3-20(23)24)30-14-19-21(26)10-17(25)11-22(19)27/h2-3,10-13,16H,4-9,14-15H2,1H3. The van der Waals surface area contributed by atoms with E-state index in [1.165, 1.54) is 5.56 Å². The molecule has 2 heterocycles. The van der Waals surface area contributed by atoms with E-state index >= 15 is 0 Å². The minimum absolute atomic E-state index is 0.0729. The molecule has 166 valence electrons. The number of hydrogen-bond acceptors (Lipinski definition) is 4. The van der Waals surface area contributed by atoms with Crippen molar-refractivity contribution in [1.29, 1.82) is 0 Å². The second-order valence-corrected chi connectivity index (χ2v) is 9.86. The van der Waals surface area contributed by atoms with Gasteiger partial charge in [-0.2, -0.15) is 0 Å². The van der Waals surface area contributed by atoms with Crippen LogP contribution in [-0.2, 0) is 16.8 Å². The molecular weight excluding hydrogens is 457 g/mol. The van der Waals surface area contributed by atoms with Crippen molar-refractivity contribution in [1.82, 2.24) is 4.90 Å². The summed E-state index contributed by atoms with van der Waals surface area (Å²) < 4.78 is 12.0. The Balaban J connectivity index is 1.39. The van der Waals surface area contributed by atoms with Crippen LogP contribution in [0.5, 0.6) is 11.5 Å². The molecular formula is C24H26Cl3NO3. The Morgan fingerprint density at radius 3 is 2.55 bits per heavy atom. The van der Waals surface area contributed by atoms with E-state index in [0.717, 1.165) is 56.7 Å². The number of rotatable bonds is 7. The molecule has 1 atom stereocenters. The number of carbonyl (C=O) groups excluding carboxylic acids is 1. The quantitative estimate of drug-likeness (QED) is 0.442. The van der Waals surface area contributed by atoms with Crippen molar-refractivity contribution in [3.63, 3.8) is 0 Å². The first kappa shape index (κ1) is 22.7. The Hall–Kier alpha value is -1.46. The SMILES string of the molecule is CC(C=O)CCN1CCC2(CC1)COc1cc(OCc3c(Cl)cc(Cl)cc3Cl)ccc12. The van der Waals surface area contributed by atoms with Gasteiger partial charge in [0, 0.05) is 33.5 Å². The van der Waals surface area contributed by atoms with Crippen LogP contribution in [0.1, 0.15) is 37.3 Å². The van der Waals surface area contributed by atoms with Gasteiger partial charge in [-0.05, 0) is 57.1 Å². The van der Waals surface area contributed by atoms with Gasteiger partial charge in [0.05, 0.1) is 16.7 Å². The third kappa shape index (κ3) is 4.98. The normalized spacial score (nSPS) is 18.5. The van der Waals surface area contributed by atoms with Crippen molar-refractivity contribution in [3.05, 3.63) is 56.5 Å². The van der Waals surface area contributed by atoms with E-state index in [1.807, 2.05) is 19.1 Å². The molecule has 0 radical (unpaired) electrons. The van der Waals surface area contributed by atoms with E-state index in [4.69, 9.17) is 44.3 Å². The first-order valence-corrected chi connectivity index (χ1v) is 11.7. The molecule has 2 aliphatic rings. The third-order valence-electron chi connectivity index (χ3n) is 6.46. The highest BCUT2D eigenvalue weighted by Gasteiger charge is 2.43. The predicted octanol–water partition coefficient (Wildman–Crippen LogP) is 6.18. The highest BCUT2D eigenvalue weighted by molar-refractivity contribution is 6.39. The van der Waals surface area contributed by atoms with Crippen molar-refractivity contribution >= 4 is 41.1 Å². The van der Waals surface area contributed by atoms with Crippen molar-refractivity contribution in [2.75, 3.05) is 26.2 Å². The number of hydrogen-bond donors (Lipinski definition) is 0. The Labute approximate surface area is 198 Å². The molecule has 0 aliphatic carbocycles. The van der Waals surface area contributed by atoms with E-state index in [-0.39, 0.29) is 17.9 Å². The Morgan fingerprint density at radius 2 is 1.87 bits per heavy atom. The van der Waals surface area contributed by atoms with Gasteiger partial charge in [-0.3, -0.25) is 0 Å². The predicted molar refractivity (Wildman–Crippen MR) is 125 cm³/mol. The summed E-state index contributed by atoms with van der Waals surface area (Å²) in [6, 6.07) is 9.41. The van der Waals surface area contributed by atoms with Crippen LogP contribution in [0.3, 0.4) is 0 Å². The minimum atomic E-state index is 0.0729. The maximum Gasteiger partial charge on any atom is 0.126 e. The highest BCUT2D eigenvalue weighted by Crippen LogP contribution is 2.46. The molecule has 0 saturated carbocycles. The molecule has 2 aliphatic heterocycles. The van der Waals surface area contributed by atoms with Gasteiger partial charge < -0.3 is 19.2 Å². The van der Waals surface area contributed by atoms with Gasteiger partial charge in [0.1, 0.15) is 24.4 Å². The third-order valence-corrected chi connectivity index (χ3v) is 7.36. The van der Waals surface area contributed by atoms with Gasteiger partial charge in [-0.25, -0.2) is 0 Å². The first-order valence-electron chi connectivity index (χ1n) is 10.6. The molecule has 1 saturated heterocycles. The van der Waals surface area contributed by atoms with Crippen LogP contribution in [0.4, 0.5) is 0 Å². The van der Waals surface area contributed by atoms with Gasteiger partial charge in [-0.15, -0.1) is 0 Å². The average molecular weight is 483 g/mol. The molecule has 2 aromatic rings. The maximum atomic E-state index is 10.9. The number of carbonyl (C=O) groups is 1. The van der Waals surface area contributed by atoms with Crippen LogP contribution in [-0.4, -0.2) is 37.4 Å². The molecule has 0 N–H and O–H groups in total. The lowest BCUT2D eigenvalue weighted by molar-refractivity contribution is -0.110. The number of halogens is 3. The lowest BCUT2D eigenvalue weighted by Crippen LogP contribution is -2.44. The number of ether oxygens (including phenoxy) is 2. The number of benzene rings is 2. The zero-order valence-corrected chi connectivity index (χ0v) is 19.8. The summed E-state index contributed by atoms with van der Waals surface area (Å²) in [4.78, 5) is 13.3. The van der Waals surface area contributed by atoms with Crippen molar-refractivity contribution in [2.24, 2.45) is 5.92 Å². The lowest BCUT2D eigenvalue weighted by Gasteiger charge is -2.38. The van der Waals surface area contributed by atoms with Gasteiger partial charge >= 0.3 is 0 Å². The molecule has 2 aromatic carbocycles. The van der Waals surface area contributed by atoms with Crippen LogP contribution < -0.4 is 9.47 Å². The van der Waals surface area contributed by atoms with Crippen LogP contribution in [0, 0.1) is 5.92 Å². The number of piperidine rings is 1. The number of fused-ring (bicyclic) bond motifs is 2. The number of nitrogens with zero attached hydrogens (tertiary/aromatic N) is 1. The lowest BCUT2D eigenvalue weighted by atomic mass is 9.74.